The predicted molar refractivity (Wildman–Crippen MR) is 72.7 cm³/mol. The van der Waals surface area contributed by atoms with Crippen molar-refractivity contribution >= 4 is 28.9 Å². The van der Waals surface area contributed by atoms with Gasteiger partial charge in [-0.15, -0.1) is 11.3 Å². The van der Waals surface area contributed by atoms with E-state index < -0.39 is 5.97 Å². The van der Waals surface area contributed by atoms with E-state index in [2.05, 4.69) is 4.98 Å². The minimum Gasteiger partial charge on any atom is -0.477 e. The van der Waals surface area contributed by atoms with E-state index in [1.807, 2.05) is 31.2 Å². The SMILES string of the molecule is CCc1nc(Cc2ccccc2Cl)sc1C(=O)O. The maximum atomic E-state index is 11.1. The van der Waals surface area contributed by atoms with Crippen LogP contribution in [0.5, 0.6) is 0 Å². The van der Waals surface area contributed by atoms with Crippen molar-refractivity contribution in [2.45, 2.75) is 19.8 Å². The molecule has 1 aromatic carbocycles. The molecule has 2 rings (SSSR count). The molecule has 0 aliphatic rings. The highest BCUT2D eigenvalue weighted by Crippen LogP contribution is 2.24. The lowest BCUT2D eigenvalue weighted by molar-refractivity contribution is 0.0701. The normalized spacial score (nSPS) is 10.6. The van der Waals surface area contributed by atoms with Crippen molar-refractivity contribution in [1.29, 1.82) is 0 Å². The Labute approximate surface area is 114 Å². The van der Waals surface area contributed by atoms with Gasteiger partial charge in [0.2, 0.25) is 0 Å². The number of thiazole rings is 1. The zero-order valence-corrected chi connectivity index (χ0v) is 11.4. The second kappa shape index (κ2) is 5.50. The molecule has 1 aromatic heterocycles. The smallest absolute Gasteiger partial charge is 0.347 e. The maximum Gasteiger partial charge on any atom is 0.347 e. The van der Waals surface area contributed by atoms with Crippen molar-refractivity contribution in [2.75, 3.05) is 0 Å². The van der Waals surface area contributed by atoms with Crippen molar-refractivity contribution in [2.24, 2.45) is 0 Å². The molecule has 0 unspecified atom stereocenters. The zero-order valence-electron chi connectivity index (χ0n) is 9.81. The molecular formula is C13H12ClNO2S. The van der Waals surface area contributed by atoms with Crippen LogP contribution in [-0.4, -0.2) is 16.1 Å². The number of carbonyl (C=O) groups is 1. The molecule has 0 saturated heterocycles. The average molecular weight is 282 g/mol. The number of hydrogen-bond acceptors (Lipinski definition) is 3. The van der Waals surface area contributed by atoms with Crippen LogP contribution in [-0.2, 0) is 12.8 Å². The van der Waals surface area contributed by atoms with E-state index in [1.165, 1.54) is 11.3 Å². The van der Waals surface area contributed by atoms with Crippen molar-refractivity contribution in [3.05, 3.63) is 50.4 Å². The first-order valence-corrected chi connectivity index (χ1v) is 6.76. The van der Waals surface area contributed by atoms with E-state index in [0.717, 1.165) is 10.6 Å². The van der Waals surface area contributed by atoms with Crippen LogP contribution in [0.3, 0.4) is 0 Å². The summed E-state index contributed by atoms with van der Waals surface area (Å²) in [5.74, 6) is -0.908. The number of nitrogens with zero attached hydrogens (tertiary/aromatic N) is 1. The average Bonchev–Trinajstić information content (AvgIpc) is 2.75. The summed E-state index contributed by atoms with van der Waals surface area (Å²) in [5, 5.41) is 10.5. The number of aromatic nitrogens is 1. The molecule has 0 aliphatic carbocycles. The first kappa shape index (κ1) is 13.1. The topological polar surface area (TPSA) is 50.2 Å². The summed E-state index contributed by atoms with van der Waals surface area (Å²) in [7, 11) is 0. The second-order valence-corrected chi connectivity index (χ2v) is 5.30. The highest BCUT2D eigenvalue weighted by molar-refractivity contribution is 7.13. The van der Waals surface area contributed by atoms with Gasteiger partial charge < -0.3 is 5.11 Å². The molecule has 0 aliphatic heterocycles. The lowest BCUT2D eigenvalue weighted by Crippen LogP contribution is -1.97. The molecule has 5 heteroatoms. The summed E-state index contributed by atoms with van der Waals surface area (Å²) >= 11 is 7.30. The molecule has 1 N–H and O–H groups in total. The first-order valence-electron chi connectivity index (χ1n) is 5.57. The quantitative estimate of drug-likeness (QED) is 0.931. The Morgan fingerprint density at radius 1 is 1.44 bits per heavy atom. The molecule has 18 heavy (non-hydrogen) atoms. The summed E-state index contributed by atoms with van der Waals surface area (Å²) in [5.41, 5.74) is 1.61. The van der Waals surface area contributed by atoms with E-state index >= 15 is 0 Å². The number of carboxylic acids is 1. The third-order valence-electron chi connectivity index (χ3n) is 2.57. The standard InChI is InChI=1S/C13H12ClNO2S/c1-2-10-12(13(16)17)18-11(15-10)7-8-5-3-4-6-9(8)14/h3-6H,2,7H2,1H3,(H,16,17). The van der Waals surface area contributed by atoms with Crippen LogP contribution < -0.4 is 0 Å². The van der Waals surface area contributed by atoms with E-state index in [9.17, 15) is 4.79 Å². The Bertz CT molecular complexity index is 580. The molecule has 0 amide bonds. The van der Waals surface area contributed by atoms with Gasteiger partial charge in [-0.3, -0.25) is 0 Å². The minimum absolute atomic E-state index is 0.333. The van der Waals surface area contributed by atoms with Gasteiger partial charge in [-0.2, -0.15) is 0 Å². The number of carboxylic acid groups (broad SMARTS) is 1. The van der Waals surface area contributed by atoms with Gasteiger partial charge in [0.15, 0.2) is 0 Å². The Balaban J connectivity index is 2.30. The Hall–Kier alpha value is -1.39. The number of halogens is 1. The minimum atomic E-state index is -0.908. The molecular weight excluding hydrogens is 270 g/mol. The molecule has 1 heterocycles. The van der Waals surface area contributed by atoms with Crippen LogP contribution in [0.25, 0.3) is 0 Å². The van der Waals surface area contributed by atoms with Crippen molar-refractivity contribution in [3.63, 3.8) is 0 Å². The van der Waals surface area contributed by atoms with Gasteiger partial charge in [0, 0.05) is 11.4 Å². The van der Waals surface area contributed by atoms with Gasteiger partial charge in [-0.05, 0) is 18.1 Å². The van der Waals surface area contributed by atoms with Crippen molar-refractivity contribution < 1.29 is 9.90 Å². The largest absolute Gasteiger partial charge is 0.477 e. The highest BCUT2D eigenvalue weighted by atomic mass is 35.5. The maximum absolute atomic E-state index is 11.1. The Kier molecular flexibility index (Phi) is 3.99. The highest BCUT2D eigenvalue weighted by Gasteiger charge is 2.16. The van der Waals surface area contributed by atoms with Gasteiger partial charge in [0.1, 0.15) is 4.88 Å². The van der Waals surface area contributed by atoms with Gasteiger partial charge in [-0.1, -0.05) is 36.7 Å². The fourth-order valence-electron chi connectivity index (χ4n) is 1.69. The predicted octanol–water partition coefficient (Wildman–Crippen LogP) is 3.65. The van der Waals surface area contributed by atoms with Gasteiger partial charge in [0.05, 0.1) is 10.7 Å². The summed E-state index contributed by atoms with van der Waals surface area (Å²) in [6.07, 6.45) is 1.20. The van der Waals surface area contributed by atoms with Gasteiger partial charge >= 0.3 is 5.97 Å². The van der Waals surface area contributed by atoms with E-state index in [0.29, 0.717) is 28.4 Å². The van der Waals surface area contributed by atoms with Crippen LogP contribution in [0.4, 0.5) is 0 Å². The monoisotopic (exact) mass is 281 g/mol. The fraction of sp³-hybridized carbons (Fsp3) is 0.231. The van der Waals surface area contributed by atoms with Crippen LogP contribution in [0, 0.1) is 0 Å². The Morgan fingerprint density at radius 3 is 2.72 bits per heavy atom. The number of benzene rings is 1. The summed E-state index contributed by atoms with van der Waals surface area (Å²) in [6.45, 7) is 1.90. The van der Waals surface area contributed by atoms with Crippen LogP contribution in [0.1, 0.15) is 32.9 Å². The first-order chi connectivity index (χ1) is 8.61. The number of rotatable bonds is 4. The van der Waals surface area contributed by atoms with E-state index in [4.69, 9.17) is 16.7 Å². The van der Waals surface area contributed by atoms with E-state index in [-0.39, 0.29) is 0 Å². The summed E-state index contributed by atoms with van der Waals surface area (Å²) < 4.78 is 0. The summed E-state index contributed by atoms with van der Waals surface area (Å²) in [6, 6.07) is 7.53. The number of aryl methyl sites for hydroxylation is 1. The molecule has 94 valence electrons. The molecule has 0 radical (unpaired) electrons. The molecule has 0 atom stereocenters. The molecule has 0 saturated carbocycles. The molecule has 2 aromatic rings. The number of aromatic carboxylic acids is 1. The second-order valence-electron chi connectivity index (χ2n) is 3.81. The molecule has 0 fully saturated rings. The van der Waals surface area contributed by atoms with Crippen molar-refractivity contribution in [1.82, 2.24) is 4.98 Å². The fourth-order valence-corrected chi connectivity index (χ4v) is 2.90. The summed E-state index contributed by atoms with van der Waals surface area (Å²) in [4.78, 5) is 15.8. The van der Waals surface area contributed by atoms with Crippen LogP contribution in [0.15, 0.2) is 24.3 Å². The van der Waals surface area contributed by atoms with E-state index in [1.54, 1.807) is 0 Å². The van der Waals surface area contributed by atoms with Crippen molar-refractivity contribution in [3.8, 4) is 0 Å². The number of hydrogen-bond donors (Lipinski definition) is 1. The molecule has 3 nitrogen and oxygen atoms in total. The van der Waals surface area contributed by atoms with Crippen LogP contribution in [0.2, 0.25) is 5.02 Å². The third kappa shape index (κ3) is 2.71. The third-order valence-corrected chi connectivity index (χ3v) is 4.02. The molecule has 0 bridgehead atoms. The lowest BCUT2D eigenvalue weighted by atomic mass is 10.1. The van der Waals surface area contributed by atoms with Gasteiger partial charge in [0.25, 0.3) is 0 Å². The zero-order chi connectivity index (χ0) is 13.1. The van der Waals surface area contributed by atoms with Crippen LogP contribution >= 0.6 is 22.9 Å². The van der Waals surface area contributed by atoms with Gasteiger partial charge in [-0.25, -0.2) is 9.78 Å². The lowest BCUT2D eigenvalue weighted by Gasteiger charge is -2.00. The molecule has 0 spiro atoms. The Morgan fingerprint density at radius 2 is 2.17 bits per heavy atom.